The van der Waals surface area contributed by atoms with Crippen molar-refractivity contribution >= 4 is 11.8 Å². The van der Waals surface area contributed by atoms with Crippen LogP contribution in [0.1, 0.15) is 12.0 Å². The lowest BCUT2D eigenvalue weighted by molar-refractivity contribution is 0.252. The van der Waals surface area contributed by atoms with Gasteiger partial charge in [0.1, 0.15) is 0 Å². The van der Waals surface area contributed by atoms with Crippen LogP contribution in [0.2, 0.25) is 0 Å². The number of halogens is 3. The zero-order chi connectivity index (χ0) is 11.8. The molecule has 1 aromatic rings. The molecule has 1 aromatic carbocycles. The Hall–Kier alpha value is -0.680. The molecule has 0 bridgehead atoms. The SMILES string of the molecule is FCCCNCc1ccc(SC(F)F)cc1. The van der Waals surface area contributed by atoms with Gasteiger partial charge < -0.3 is 5.32 Å². The zero-order valence-electron chi connectivity index (χ0n) is 8.76. The van der Waals surface area contributed by atoms with E-state index < -0.39 is 5.76 Å². The number of alkyl halides is 3. The fraction of sp³-hybridized carbons (Fsp3) is 0.455. The fourth-order valence-corrected chi connectivity index (χ4v) is 1.71. The predicted octanol–water partition coefficient (Wildman–Crippen LogP) is 3.45. The average molecular weight is 249 g/mol. The second kappa shape index (κ2) is 7.57. The lowest BCUT2D eigenvalue weighted by Gasteiger charge is -2.05. The molecule has 5 heteroatoms. The summed E-state index contributed by atoms with van der Waals surface area (Å²) in [5, 5.41) is 3.07. The van der Waals surface area contributed by atoms with E-state index >= 15 is 0 Å². The standard InChI is InChI=1S/C11H14F3NS/c12-6-1-7-15-8-9-2-4-10(5-3-9)16-11(13)14/h2-5,11,15H,1,6-8H2. The first-order chi connectivity index (χ1) is 7.72. The van der Waals surface area contributed by atoms with Gasteiger partial charge in [0.25, 0.3) is 5.76 Å². The van der Waals surface area contributed by atoms with Gasteiger partial charge >= 0.3 is 0 Å². The first-order valence-electron chi connectivity index (χ1n) is 5.03. The van der Waals surface area contributed by atoms with Crippen LogP contribution in [0.25, 0.3) is 0 Å². The van der Waals surface area contributed by atoms with Gasteiger partial charge in [0.15, 0.2) is 0 Å². The Morgan fingerprint density at radius 2 is 1.88 bits per heavy atom. The number of benzene rings is 1. The topological polar surface area (TPSA) is 12.0 Å². The average Bonchev–Trinajstić information content (AvgIpc) is 2.26. The summed E-state index contributed by atoms with van der Waals surface area (Å²) >= 11 is 0.536. The summed E-state index contributed by atoms with van der Waals surface area (Å²) in [6, 6.07) is 6.94. The molecular formula is C11H14F3NS. The molecule has 0 radical (unpaired) electrons. The smallest absolute Gasteiger partial charge is 0.288 e. The number of thioether (sulfide) groups is 1. The van der Waals surface area contributed by atoms with E-state index in [4.69, 9.17) is 0 Å². The van der Waals surface area contributed by atoms with E-state index in [2.05, 4.69) is 5.32 Å². The van der Waals surface area contributed by atoms with E-state index in [1.54, 1.807) is 24.3 Å². The molecule has 0 aliphatic carbocycles. The molecule has 1 N–H and O–H groups in total. The van der Waals surface area contributed by atoms with Crippen LogP contribution < -0.4 is 5.32 Å². The van der Waals surface area contributed by atoms with Crippen molar-refractivity contribution in [3.05, 3.63) is 29.8 Å². The van der Waals surface area contributed by atoms with Crippen molar-refractivity contribution in [1.82, 2.24) is 5.32 Å². The summed E-state index contributed by atoms with van der Waals surface area (Å²) in [7, 11) is 0. The van der Waals surface area contributed by atoms with E-state index in [0.717, 1.165) is 5.56 Å². The van der Waals surface area contributed by atoms with Crippen molar-refractivity contribution in [2.45, 2.75) is 23.6 Å². The minimum atomic E-state index is -2.38. The fourth-order valence-electron chi connectivity index (χ4n) is 1.21. The summed E-state index contributed by atoms with van der Waals surface area (Å²) in [6.45, 7) is 0.945. The maximum atomic E-state index is 12.0. The van der Waals surface area contributed by atoms with E-state index in [0.29, 0.717) is 36.2 Å². The number of hydrogen-bond acceptors (Lipinski definition) is 2. The van der Waals surface area contributed by atoms with Crippen molar-refractivity contribution in [1.29, 1.82) is 0 Å². The van der Waals surface area contributed by atoms with Gasteiger partial charge in [-0.2, -0.15) is 8.78 Å². The Morgan fingerprint density at radius 1 is 1.19 bits per heavy atom. The van der Waals surface area contributed by atoms with Crippen LogP contribution in [0.4, 0.5) is 13.2 Å². The summed E-state index contributed by atoms with van der Waals surface area (Å²) in [6.07, 6.45) is 0.499. The first-order valence-corrected chi connectivity index (χ1v) is 5.91. The highest BCUT2D eigenvalue weighted by molar-refractivity contribution is 7.99. The molecular weight excluding hydrogens is 235 g/mol. The van der Waals surface area contributed by atoms with Crippen LogP contribution in [0.5, 0.6) is 0 Å². The molecule has 0 spiro atoms. The Bertz CT molecular complexity index is 290. The quantitative estimate of drug-likeness (QED) is 0.586. The Morgan fingerprint density at radius 3 is 2.44 bits per heavy atom. The normalized spacial score (nSPS) is 11.0. The maximum Gasteiger partial charge on any atom is 0.288 e. The van der Waals surface area contributed by atoms with E-state index in [1.807, 2.05) is 0 Å². The third-order valence-corrected chi connectivity index (χ3v) is 2.69. The van der Waals surface area contributed by atoms with Crippen molar-refractivity contribution in [3.8, 4) is 0 Å². The largest absolute Gasteiger partial charge is 0.313 e. The second-order valence-electron chi connectivity index (χ2n) is 3.24. The molecule has 0 aromatic heterocycles. The zero-order valence-corrected chi connectivity index (χ0v) is 9.57. The van der Waals surface area contributed by atoms with E-state index in [9.17, 15) is 13.2 Å². The van der Waals surface area contributed by atoms with Crippen LogP contribution in [-0.4, -0.2) is 19.0 Å². The van der Waals surface area contributed by atoms with Gasteiger partial charge in [-0.1, -0.05) is 23.9 Å². The molecule has 0 aliphatic heterocycles. The summed E-state index contributed by atoms with van der Waals surface area (Å²) in [5.74, 6) is -2.38. The van der Waals surface area contributed by atoms with Crippen molar-refractivity contribution in [3.63, 3.8) is 0 Å². The van der Waals surface area contributed by atoms with Gasteiger partial charge in [0, 0.05) is 11.4 Å². The molecule has 16 heavy (non-hydrogen) atoms. The van der Waals surface area contributed by atoms with Gasteiger partial charge in [0.2, 0.25) is 0 Å². The van der Waals surface area contributed by atoms with E-state index in [1.165, 1.54) is 0 Å². The monoisotopic (exact) mass is 249 g/mol. The van der Waals surface area contributed by atoms with Gasteiger partial charge in [-0.25, -0.2) is 0 Å². The minimum Gasteiger partial charge on any atom is -0.313 e. The Kier molecular flexibility index (Phi) is 6.33. The number of nitrogens with one attached hydrogen (secondary N) is 1. The summed E-state index contributed by atoms with van der Waals surface area (Å²) in [4.78, 5) is 0.558. The Labute approximate surface area is 97.4 Å². The molecule has 0 heterocycles. The number of hydrogen-bond donors (Lipinski definition) is 1. The summed E-state index contributed by atoms with van der Waals surface area (Å²) in [5.41, 5.74) is 1.01. The molecule has 0 fully saturated rings. The highest BCUT2D eigenvalue weighted by atomic mass is 32.2. The predicted molar refractivity (Wildman–Crippen MR) is 60.6 cm³/mol. The summed E-state index contributed by atoms with van der Waals surface area (Å²) < 4.78 is 35.8. The molecule has 0 amide bonds. The first kappa shape index (κ1) is 13.4. The minimum absolute atomic E-state index is 0.322. The van der Waals surface area contributed by atoms with Gasteiger partial charge in [-0.3, -0.25) is 4.39 Å². The molecule has 0 atom stereocenters. The molecule has 90 valence electrons. The lowest BCUT2D eigenvalue weighted by atomic mass is 10.2. The van der Waals surface area contributed by atoms with Crippen molar-refractivity contribution in [2.24, 2.45) is 0 Å². The highest BCUT2D eigenvalue weighted by Crippen LogP contribution is 2.24. The third kappa shape index (κ3) is 5.42. The number of rotatable bonds is 7. The van der Waals surface area contributed by atoms with Crippen molar-refractivity contribution in [2.75, 3.05) is 13.2 Å². The van der Waals surface area contributed by atoms with Crippen LogP contribution in [0.3, 0.4) is 0 Å². The molecule has 0 saturated carbocycles. The third-order valence-electron chi connectivity index (χ3n) is 1.96. The molecule has 1 nitrogen and oxygen atoms in total. The molecule has 0 aliphatic rings. The maximum absolute atomic E-state index is 12.0. The highest BCUT2D eigenvalue weighted by Gasteiger charge is 2.04. The molecule has 1 rings (SSSR count). The van der Waals surface area contributed by atoms with Gasteiger partial charge in [-0.15, -0.1) is 0 Å². The van der Waals surface area contributed by atoms with Crippen LogP contribution in [0, 0.1) is 0 Å². The van der Waals surface area contributed by atoms with Gasteiger partial charge in [0.05, 0.1) is 6.67 Å². The van der Waals surface area contributed by atoms with E-state index in [-0.39, 0.29) is 6.67 Å². The van der Waals surface area contributed by atoms with Crippen molar-refractivity contribution < 1.29 is 13.2 Å². The van der Waals surface area contributed by atoms with Crippen LogP contribution in [-0.2, 0) is 6.54 Å². The lowest BCUT2D eigenvalue weighted by Crippen LogP contribution is -2.14. The molecule has 0 saturated heterocycles. The van der Waals surface area contributed by atoms with Crippen LogP contribution in [0.15, 0.2) is 29.2 Å². The Balaban J connectivity index is 2.33. The van der Waals surface area contributed by atoms with Gasteiger partial charge in [-0.05, 0) is 30.7 Å². The second-order valence-corrected chi connectivity index (χ2v) is 4.31. The van der Waals surface area contributed by atoms with Crippen LogP contribution >= 0.6 is 11.8 Å². The molecule has 0 unspecified atom stereocenters.